The number of rotatable bonds is 5. The van der Waals surface area contributed by atoms with E-state index >= 15 is 0 Å². The van der Waals surface area contributed by atoms with E-state index < -0.39 is 0 Å². The Morgan fingerprint density at radius 1 is 0.900 bits per heavy atom. The van der Waals surface area contributed by atoms with Crippen LogP contribution in [0.25, 0.3) is 11.3 Å². The molecule has 2 rings (SSSR count). The Balaban J connectivity index is 2.56. The van der Waals surface area contributed by atoms with Gasteiger partial charge in [0.05, 0.1) is 27.0 Å². The fraction of sp³-hybridized carbons (Fsp3) is 0.286. The second-order valence-electron chi connectivity index (χ2n) is 3.95. The average molecular weight is 275 g/mol. The lowest BCUT2D eigenvalue weighted by atomic mass is 10.1. The number of anilines is 1. The van der Waals surface area contributed by atoms with Crippen molar-refractivity contribution in [2.45, 2.75) is 0 Å². The highest BCUT2D eigenvalue weighted by Gasteiger charge is 2.14. The molecule has 0 amide bonds. The summed E-state index contributed by atoms with van der Waals surface area (Å²) in [6, 6.07) is 5.55. The van der Waals surface area contributed by atoms with Crippen molar-refractivity contribution >= 4 is 5.82 Å². The monoisotopic (exact) mass is 275 g/mol. The summed E-state index contributed by atoms with van der Waals surface area (Å²) in [7, 11) is 6.55. The molecule has 6 heteroatoms. The van der Waals surface area contributed by atoms with E-state index in [0.717, 1.165) is 17.1 Å². The number of hydrogen-bond acceptors (Lipinski definition) is 6. The van der Waals surface area contributed by atoms with E-state index in [4.69, 9.17) is 14.2 Å². The molecule has 0 aliphatic carbocycles. The highest BCUT2D eigenvalue weighted by Crippen LogP contribution is 2.40. The summed E-state index contributed by atoms with van der Waals surface area (Å²) in [6.45, 7) is 0. The smallest absolute Gasteiger partial charge is 0.203 e. The molecule has 0 saturated heterocycles. The van der Waals surface area contributed by atoms with E-state index in [1.165, 1.54) is 6.33 Å². The van der Waals surface area contributed by atoms with Crippen LogP contribution < -0.4 is 19.5 Å². The molecule has 0 unspecified atom stereocenters. The van der Waals surface area contributed by atoms with E-state index in [1.54, 1.807) is 28.4 Å². The predicted molar refractivity (Wildman–Crippen MR) is 76.7 cm³/mol. The first kappa shape index (κ1) is 13.9. The Labute approximate surface area is 117 Å². The van der Waals surface area contributed by atoms with Crippen LogP contribution in [0.3, 0.4) is 0 Å². The molecule has 0 fully saturated rings. The van der Waals surface area contributed by atoms with E-state index in [-0.39, 0.29) is 0 Å². The molecule has 6 nitrogen and oxygen atoms in total. The highest BCUT2D eigenvalue weighted by atomic mass is 16.5. The Morgan fingerprint density at radius 2 is 1.55 bits per heavy atom. The Kier molecular flexibility index (Phi) is 4.24. The first-order valence-electron chi connectivity index (χ1n) is 6.03. The Bertz CT molecular complexity index is 577. The zero-order valence-corrected chi connectivity index (χ0v) is 11.9. The van der Waals surface area contributed by atoms with Crippen LogP contribution >= 0.6 is 0 Å². The number of nitrogens with zero attached hydrogens (tertiary/aromatic N) is 2. The highest BCUT2D eigenvalue weighted by molar-refractivity contribution is 5.70. The largest absolute Gasteiger partial charge is 0.493 e. The molecule has 0 radical (unpaired) electrons. The van der Waals surface area contributed by atoms with Gasteiger partial charge in [0, 0.05) is 18.7 Å². The lowest BCUT2D eigenvalue weighted by molar-refractivity contribution is 0.324. The molecule has 2 aromatic rings. The van der Waals surface area contributed by atoms with Gasteiger partial charge in [0.1, 0.15) is 12.1 Å². The van der Waals surface area contributed by atoms with Gasteiger partial charge in [-0.25, -0.2) is 9.97 Å². The normalized spacial score (nSPS) is 10.0. The van der Waals surface area contributed by atoms with Crippen molar-refractivity contribution in [3.63, 3.8) is 0 Å². The fourth-order valence-electron chi connectivity index (χ4n) is 1.88. The van der Waals surface area contributed by atoms with Gasteiger partial charge in [0.15, 0.2) is 11.5 Å². The molecule has 106 valence electrons. The van der Waals surface area contributed by atoms with Crippen molar-refractivity contribution in [3.05, 3.63) is 24.5 Å². The molecular weight excluding hydrogens is 258 g/mol. The van der Waals surface area contributed by atoms with Gasteiger partial charge in [-0.1, -0.05) is 0 Å². The maximum atomic E-state index is 5.33. The summed E-state index contributed by atoms with van der Waals surface area (Å²) in [5, 5.41) is 2.98. The number of hydrogen-bond donors (Lipinski definition) is 1. The third kappa shape index (κ3) is 2.59. The molecule has 0 aliphatic rings. The molecule has 1 N–H and O–H groups in total. The fourth-order valence-corrected chi connectivity index (χ4v) is 1.88. The number of aromatic nitrogens is 2. The van der Waals surface area contributed by atoms with Crippen molar-refractivity contribution in [1.82, 2.24) is 9.97 Å². The lowest BCUT2D eigenvalue weighted by Gasteiger charge is -2.14. The van der Waals surface area contributed by atoms with E-state index in [9.17, 15) is 0 Å². The number of benzene rings is 1. The minimum atomic E-state index is 0.557. The second kappa shape index (κ2) is 6.10. The topological polar surface area (TPSA) is 65.5 Å². The average Bonchev–Trinajstić information content (AvgIpc) is 2.53. The first-order valence-corrected chi connectivity index (χ1v) is 6.03. The summed E-state index contributed by atoms with van der Waals surface area (Å²) >= 11 is 0. The van der Waals surface area contributed by atoms with Gasteiger partial charge in [0.2, 0.25) is 5.75 Å². The molecule has 0 aliphatic heterocycles. The Hall–Kier alpha value is -2.50. The molecule has 0 bridgehead atoms. The third-order valence-electron chi connectivity index (χ3n) is 2.88. The van der Waals surface area contributed by atoms with Crippen LogP contribution in [-0.2, 0) is 0 Å². The van der Waals surface area contributed by atoms with Crippen LogP contribution in [0.4, 0.5) is 5.82 Å². The van der Waals surface area contributed by atoms with Gasteiger partial charge in [-0.15, -0.1) is 0 Å². The zero-order valence-electron chi connectivity index (χ0n) is 11.9. The van der Waals surface area contributed by atoms with Crippen LogP contribution in [0, 0.1) is 0 Å². The van der Waals surface area contributed by atoms with Crippen LogP contribution in [0.15, 0.2) is 24.5 Å². The standard InChI is InChI=1S/C14H17N3O3/c1-15-13-7-10(16-8-17-13)9-5-11(18-2)14(20-4)12(6-9)19-3/h5-8H,1-4H3,(H,15,16,17). The number of nitrogens with one attached hydrogen (secondary N) is 1. The maximum Gasteiger partial charge on any atom is 0.203 e. The molecule has 1 heterocycles. The summed E-state index contributed by atoms with van der Waals surface area (Å²) in [5.74, 6) is 2.48. The first-order chi connectivity index (χ1) is 9.73. The summed E-state index contributed by atoms with van der Waals surface area (Å²) in [5.41, 5.74) is 1.63. The summed E-state index contributed by atoms with van der Waals surface area (Å²) in [4.78, 5) is 8.35. The summed E-state index contributed by atoms with van der Waals surface area (Å²) < 4.78 is 16.0. The van der Waals surface area contributed by atoms with Crippen LogP contribution in [0.5, 0.6) is 17.2 Å². The molecule has 0 saturated carbocycles. The molecular formula is C14H17N3O3. The zero-order chi connectivity index (χ0) is 14.5. The van der Waals surface area contributed by atoms with Gasteiger partial charge in [0.25, 0.3) is 0 Å². The van der Waals surface area contributed by atoms with Gasteiger partial charge < -0.3 is 19.5 Å². The molecule has 0 spiro atoms. The Morgan fingerprint density at radius 3 is 2.05 bits per heavy atom. The van der Waals surface area contributed by atoms with Gasteiger partial charge in [-0.05, 0) is 12.1 Å². The number of ether oxygens (including phenoxy) is 3. The van der Waals surface area contributed by atoms with Crippen LogP contribution in [-0.4, -0.2) is 38.3 Å². The lowest BCUT2D eigenvalue weighted by Crippen LogP contribution is -1.97. The molecule has 20 heavy (non-hydrogen) atoms. The molecule has 1 aromatic carbocycles. The van der Waals surface area contributed by atoms with Crippen molar-refractivity contribution in [2.75, 3.05) is 33.7 Å². The van der Waals surface area contributed by atoms with E-state index in [1.807, 2.05) is 18.2 Å². The maximum absolute atomic E-state index is 5.33. The second-order valence-corrected chi connectivity index (χ2v) is 3.95. The minimum Gasteiger partial charge on any atom is -0.493 e. The van der Waals surface area contributed by atoms with Gasteiger partial charge >= 0.3 is 0 Å². The van der Waals surface area contributed by atoms with Crippen molar-refractivity contribution < 1.29 is 14.2 Å². The molecule has 1 aromatic heterocycles. The number of methoxy groups -OCH3 is 3. The van der Waals surface area contributed by atoms with Crippen molar-refractivity contribution in [3.8, 4) is 28.5 Å². The summed E-state index contributed by atoms with van der Waals surface area (Å²) in [6.07, 6.45) is 1.50. The minimum absolute atomic E-state index is 0.557. The predicted octanol–water partition coefficient (Wildman–Crippen LogP) is 2.21. The van der Waals surface area contributed by atoms with Crippen molar-refractivity contribution in [2.24, 2.45) is 0 Å². The van der Waals surface area contributed by atoms with E-state index in [0.29, 0.717) is 17.2 Å². The van der Waals surface area contributed by atoms with Crippen LogP contribution in [0.1, 0.15) is 0 Å². The van der Waals surface area contributed by atoms with E-state index in [2.05, 4.69) is 15.3 Å². The van der Waals surface area contributed by atoms with Crippen LogP contribution in [0.2, 0.25) is 0 Å². The van der Waals surface area contributed by atoms with Gasteiger partial charge in [-0.2, -0.15) is 0 Å². The van der Waals surface area contributed by atoms with Crippen molar-refractivity contribution in [1.29, 1.82) is 0 Å². The quantitative estimate of drug-likeness (QED) is 0.902. The third-order valence-corrected chi connectivity index (χ3v) is 2.88. The molecule has 0 atom stereocenters. The SMILES string of the molecule is CNc1cc(-c2cc(OC)c(OC)c(OC)c2)ncn1. The van der Waals surface area contributed by atoms with Gasteiger partial charge in [-0.3, -0.25) is 0 Å².